The molecule has 1 N–H and O–H groups in total. The van der Waals surface area contributed by atoms with Crippen molar-refractivity contribution < 1.29 is 9.53 Å². The molecule has 2 rings (SSSR count). The summed E-state index contributed by atoms with van der Waals surface area (Å²) in [5, 5.41) is 3.00. The third-order valence-electron chi connectivity index (χ3n) is 2.39. The van der Waals surface area contributed by atoms with Crippen LogP contribution in [0.2, 0.25) is 0 Å². The van der Waals surface area contributed by atoms with Gasteiger partial charge in [-0.15, -0.1) is 12.4 Å². The van der Waals surface area contributed by atoms with Crippen molar-refractivity contribution >= 4 is 24.2 Å². The standard InChI is InChI=1S/C12H14N2O2.ClH/c1-2-16-11(15)8-14-12-10-6-4-3-5-9(10)7-13-12;/h3-6H,2,7-8H2,1H3,(H,13,14);1H. The molecule has 0 unspecified atom stereocenters. The van der Waals surface area contributed by atoms with Gasteiger partial charge < -0.3 is 10.1 Å². The van der Waals surface area contributed by atoms with Gasteiger partial charge in [0.25, 0.3) is 0 Å². The predicted octanol–water partition coefficient (Wildman–Crippen LogP) is 1.52. The second-order valence-corrected chi connectivity index (χ2v) is 3.48. The largest absolute Gasteiger partial charge is 0.465 e. The number of halogens is 1. The number of amidine groups is 1. The predicted molar refractivity (Wildman–Crippen MR) is 68.6 cm³/mol. The molecular weight excluding hydrogens is 240 g/mol. The summed E-state index contributed by atoms with van der Waals surface area (Å²) in [6, 6.07) is 7.99. The van der Waals surface area contributed by atoms with Gasteiger partial charge in [-0.2, -0.15) is 0 Å². The number of aliphatic imine (C=N–C) groups is 1. The maximum absolute atomic E-state index is 11.2. The summed E-state index contributed by atoms with van der Waals surface area (Å²) in [6.45, 7) is 3.05. The van der Waals surface area contributed by atoms with E-state index in [0.717, 1.165) is 11.4 Å². The molecule has 0 bridgehead atoms. The van der Waals surface area contributed by atoms with Crippen LogP contribution in [-0.4, -0.2) is 25.0 Å². The summed E-state index contributed by atoms with van der Waals surface area (Å²) in [7, 11) is 0. The topological polar surface area (TPSA) is 50.7 Å². The Balaban J connectivity index is 0.00000144. The molecule has 0 saturated carbocycles. The van der Waals surface area contributed by atoms with Crippen LogP contribution in [0.3, 0.4) is 0 Å². The number of hydrogen-bond donors (Lipinski definition) is 1. The third-order valence-corrected chi connectivity index (χ3v) is 2.39. The van der Waals surface area contributed by atoms with Crippen molar-refractivity contribution in [3.63, 3.8) is 0 Å². The minimum absolute atomic E-state index is 0. The Bertz CT molecular complexity index is 432. The average Bonchev–Trinajstić information content (AvgIpc) is 2.70. The summed E-state index contributed by atoms with van der Waals surface area (Å²) in [4.78, 5) is 15.5. The summed E-state index contributed by atoms with van der Waals surface area (Å²) >= 11 is 0. The molecule has 17 heavy (non-hydrogen) atoms. The van der Waals surface area contributed by atoms with E-state index in [2.05, 4.69) is 10.3 Å². The van der Waals surface area contributed by atoms with Gasteiger partial charge in [0.05, 0.1) is 13.2 Å². The SMILES string of the molecule is CCOC(=O)CNC1=NCc2ccccc21.Cl. The first-order valence-electron chi connectivity index (χ1n) is 5.33. The van der Waals surface area contributed by atoms with E-state index in [1.165, 1.54) is 5.56 Å². The molecule has 0 atom stereocenters. The van der Waals surface area contributed by atoms with Crippen LogP contribution in [0.4, 0.5) is 0 Å². The number of nitrogens with one attached hydrogen (secondary N) is 1. The van der Waals surface area contributed by atoms with Crippen molar-refractivity contribution in [2.45, 2.75) is 13.5 Å². The zero-order valence-corrected chi connectivity index (χ0v) is 10.4. The van der Waals surface area contributed by atoms with Gasteiger partial charge >= 0.3 is 5.97 Å². The van der Waals surface area contributed by atoms with E-state index < -0.39 is 0 Å². The van der Waals surface area contributed by atoms with E-state index in [1.807, 2.05) is 24.3 Å². The van der Waals surface area contributed by atoms with Crippen molar-refractivity contribution in [1.29, 1.82) is 0 Å². The van der Waals surface area contributed by atoms with Crippen molar-refractivity contribution in [2.24, 2.45) is 4.99 Å². The van der Waals surface area contributed by atoms with E-state index in [-0.39, 0.29) is 24.9 Å². The van der Waals surface area contributed by atoms with Crippen molar-refractivity contribution in [2.75, 3.05) is 13.2 Å². The maximum Gasteiger partial charge on any atom is 0.325 e. The van der Waals surface area contributed by atoms with E-state index >= 15 is 0 Å². The summed E-state index contributed by atoms with van der Waals surface area (Å²) < 4.78 is 4.83. The number of benzene rings is 1. The highest BCUT2D eigenvalue weighted by Crippen LogP contribution is 2.16. The van der Waals surface area contributed by atoms with Crippen LogP contribution in [0, 0.1) is 0 Å². The van der Waals surface area contributed by atoms with Gasteiger partial charge in [-0.25, -0.2) is 0 Å². The third kappa shape index (κ3) is 3.20. The first kappa shape index (κ1) is 13.5. The van der Waals surface area contributed by atoms with Crippen molar-refractivity contribution in [3.05, 3.63) is 35.4 Å². The van der Waals surface area contributed by atoms with Crippen LogP contribution in [0.5, 0.6) is 0 Å². The Morgan fingerprint density at radius 2 is 2.24 bits per heavy atom. The van der Waals surface area contributed by atoms with Crippen LogP contribution >= 0.6 is 12.4 Å². The second-order valence-electron chi connectivity index (χ2n) is 3.48. The minimum atomic E-state index is -0.255. The highest BCUT2D eigenvalue weighted by molar-refractivity contribution is 6.03. The van der Waals surface area contributed by atoms with Gasteiger partial charge in [-0.1, -0.05) is 24.3 Å². The Kier molecular flexibility index (Phi) is 4.97. The normalized spacial score (nSPS) is 12.2. The zero-order valence-electron chi connectivity index (χ0n) is 9.60. The highest BCUT2D eigenvalue weighted by Gasteiger charge is 2.15. The first-order valence-corrected chi connectivity index (χ1v) is 5.33. The molecule has 1 aromatic rings. The van der Waals surface area contributed by atoms with Crippen LogP contribution in [-0.2, 0) is 16.1 Å². The highest BCUT2D eigenvalue weighted by atomic mass is 35.5. The van der Waals surface area contributed by atoms with Crippen LogP contribution in [0.1, 0.15) is 18.1 Å². The molecular formula is C12H15ClN2O2. The Morgan fingerprint density at radius 1 is 1.47 bits per heavy atom. The van der Waals surface area contributed by atoms with Gasteiger partial charge in [0, 0.05) is 5.56 Å². The molecule has 0 fully saturated rings. The Labute approximate surface area is 106 Å². The van der Waals surface area contributed by atoms with Gasteiger partial charge in [0.1, 0.15) is 12.4 Å². The Hall–Kier alpha value is -1.55. The van der Waals surface area contributed by atoms with Gasteiger partial charge in [0.15, 0.2) is 0 Å². The number of nitrogens with zero attached hydrogens (tertiary/aromatic N) is 1. The summed E-state index contributed by atoms with van der Waals surface area (Å²) in [5.74, 6) is 0.526. The molecule has 1 aromatic carbocycles. The lowest BCUT2D eigenvalue weighted by molar-refractivity contribution is -0.141. The molecule has 92 valence electrons. The van der Waals surface area contributed by atoms with Crippen molar-refractivity contribution in [1.82, 2.24) is 5.32 Å². The average molecular weight is 255 g/mol. The van der Waals surface area contributed by atoms with Gasteiger partial charge in [-0.3, -0.25) is 9.79 Å². The van der Waals surface area contributed by atoms with E-state index in [4.69, 9.17) is 4.74 Å². The zero-order chi connectivity index (χ0) is 11.4. The van der Waals surface area contributed by atoms with Crippen LogP contribution in [0.15, 0.2) is 29.3 Å². The molecule has 0 aromatic heterocycles. The van der Waals surface area contributed by atoms with E-state index in [1.54, 1.807) is 6.92 Å². The molecule has 1 aliphatic heterocycles. The second kappa shape index (κ2) is 6.25. The number of ether oxygens (including phenoxy) is 1. The summed E-state index contributed by atoms with van der Waals surface area (Å²) in [6.07, 6.45) is 0. The quantitative estimate of drug-likeness (QED) is 0.832. The monoisotopic (exact) mass is 254 g/mol. The number of carbonyl (C=O) groups excluding carboxylic acids is 1. The molecule has 0 radical (unpaired) electrons. The van der Waals surface area contributed by atoms with Gasteiger partial charge in [-0.05, 0) is 12.5 Å². The van der Waals surface area contributed by atoms with E-state index in [9.17, 15) is 4.79 Å². The fraction of sp³-hybridized carbons (Fsp3) is 0.333. The molecule has 0 spiro atoms. The first-order chi connectivity index (χ1) is 7.81. The molecule has 0 saturated heterocycles. The number of esters is 1. The van der Waals surface area contributed by atoms with Crippen LogP contribution in [0.25, 0.3) is 0 Å². The lowest BCUT2D eigenvalue weighted by Gasteiger charge is -2.06. The fourth-order valence-corrected chi connectivity index (χ4v) is 1.66. The van der Waals surface area contributed by atoms with Crippen molar-refractivity contribution in [3.8, 4) is 0 Å². The number of carbonyl (C=O) groups is 1. The summed E-state index contributed by atoms with van der Waals surface area (Å²) in [5.41, 5.74) is 2.26. The lowest BCUT2D eigenvalue weighted by atomic mass is 10.1. The minimum Gasteiger partial charge on any atom is -0.465 e. The smallest absolute Gasteiger partial charge is 0.325 e. The molecule has 4 nitrogen and oxygen atoms in total. The van der Waals surface area contributed by atoms with E-state index in [0.29, 0.717) is 13.2 Å². The molecule has 5 heteroatoms. The molecule has 1 aliphatic rings. The Morgan fingerprint density at radius 3 is 3.00 bits per heavy atom. The number of fused-ring (bicyclic) bond motifs is 1. The van der Waals surface area contributed by atoms with Crippen LogP contribution < -0.4 is 5.32 Å². The molecule has 0 aliphatic carbocycles. The molecule has 0 amide bonds. The maximum atomic E-state index is 11.2. The van der Waals surface area contributed by atoms with Gasteiger partial charge in [0.2, 0.25) is 0 Å². The number of hydrogen-bond acceptors (Lipinski definition) is 4. The fourth-order valence-electron chi connectivity index (χ4n) is 1.66. The molecule has 1 heterocycles. The lowest BCUT2D eigenvalue weighted by Crippen LogP contribution is -2.30. The number of rotatable bonds is 3.